The summed E-state index contributed by atoms with van der Waals surface area (Å²) < 4.78 is 0. The van der Waals surface area contributed by atoms with Crippen molar-refractivity contribution in [3.8, 4) is 5.75 Å². The summed E-state index contributed by atoms with van der Waals surface area (Å²) in [4.78, 5) is 28.6. The number of hydrogen-bond acceptors (Lipinski definition) is 5. The van der Waals surface area contributed by atoms with Gasteiger partial charge in [-0.3, -0.25) is 14.9 Å². The van der Waals surface area contributed by atoms with E-state index < -0.39 is 6.04 Å². The maximum Gasteiger partial charge on any atom is 0.249 e. The maximum absolute atomic E-state index is 11.6. The molecule has 1 aromatic rings. The van der Waals surface area contributed by atoms with Gasteiger partial charge >= 0.3 is 0 Å². The molecule has 1 saturated heterocycles. The van der Waals surface area contributed by atoms with Crippen molar-refractivity contribution in [3.05, 3.63) is 23.8 Å². The highest BCUT2D eigenvalue weighted by molar-refractivity contribution is 6.06. The maximum atomic E-state index is 11.6. The van der Waals surface area contributed by atoms with E-state index in [1.54, 1.807) is 29.4 Å². The molecule has 2 aliphatic heterocycles. The molecule has 6 nitrogen and oxygen atoms in total. The molecule has 7 heteroatoms. The van der Waals surface area contributed by atoms with Crippen LogP contribution < -0.4 is 5.32 Å². The van der Waals surface area contributed by atoms with Crippen LogP contribution in [0.2, 0.25) is 0 Å². The summed E-state index contributed by atoms with van der Waals surface area (Å²) in [5.41, 5.74) is 1.36. The second-order valence-electron chi connectivity index (χ2n) is 4.32. The van der Waals surface area contributed by atoms with Gasteiger partial charge in [-0.15, -0.1) is 12.4 Å². The molecule has 100 valence electrons. The Hall–Kier alpha value is -2.08. The first-order valence-electron chi connectivity index (χ1n) is 5.59. The fraction of sp³-hybridized carbons (Fsp3) is 0.250. The molecule has 19 heavy (non-hydrogen) atoms. The number of benzene rings is 1. The van der Waals surface area contributed by atoms with Gasteiger partial charge in [0, 0.05) is 5.56 Å². The van der Waals surface area contributed by atoms with Crippen LogP contribution in [-0.4, -0.2) is 34.2 Å². The quantitative estimate of drug-likeness (QED) is 0.743. The minimum Gasteiger partial charge on any atom is -0.508 e. The highest BCUT2D eigenvalue weighted by Crippen LogP contribution is 2.32. The zero-order valence-electron chi connectivity index (χ0n) is 9.87. The van der Waals surface area contributed by atoms with E-state index in [9.17, 15) is 14.7 Å². The van der Waals surface area contributed by atoms with Gasteiger partial charge in [0.15, 0.2) is 0 Å². The average Bonchev–Trinajstić information content (AvgIpc) is 2.69. The van der Waals surface area contributed by atoms with Crippen LogP contribution >= 0.6 is 12.4 Å². The van der Waals surface area contributed by atoms with E-state index in [1.807, 2.05) is 0 Å². The van der Waals surface area contributed by atoms with E-state index in [4.69, 9.17) is 0 Å². The average molecular weight is 282 g/mol. The predicted molar refractivity (Wildman–Crippen MR) is 70.6 cm³/mol. The molecule has 1 atom stereocenters. The van der Waals surface area contributed by atoms with Gasteiger partial charge in [0.1, 0.15) is 11.8 Å². The summed E-state index contributed by atoms with van der Waals surface area (Å²) in [5, 5.41) is 12.0. The SMILES string of the molecule is Cl.O=C1CC(N2C=Nc3cccc(O)c3C2)C(=O)N1. The second-order valence-corrected chi connectivity index (χ2v) is 4.32. The number of imide groups is 1. The second kappa shape index (κ2) is 4.89. The number of amides is 2. The summed E-state index contributed by atoms with van der Waals surface area (Å²) >= 11 is 0. The molecule has 0 aliphatic carbocycles. The Bertz CT molecular complexity index is 573. The number of phenols is 1. The number of hydrogen-bond donors (Lipinski definition) is 2. The lowest BCUT2D eigenvalue weighted by Crippen LogP contribution is -2.40. The summed E-state index contributed by atoms with van der Waals surface area (Å²) in [6.45, 7) is 0.372. The monoisotopic (exact) mass is 281 g/mol. The third-order valence-corrected chi connectivity index (χ3v) is 3.16. The van der Waals surface area contributed by atoms with Crippen molar-refractivity contribution in [2.24, 2.45) is 4.99 Å². The number of phenolic OH excluding ortho intramolecular Hbond substituents is 1. The Labute approximate surface area is 115 Å². The zero-order chi connectivity index (χ0) is 12.7. The van der Waals surface area contributed by atoms with Gasteiger partial charge in [-0.1, -0.05) is 6.07 Å². The van der Waals surface area contributed by atoms with Crippen molar-refractivity contribution in [3.63, 3.8) is 0 Å². The van der Waals surface area contributed by atoms with Crippen LogP contribution in [0.4, 0.5) is 5.69 Å². The summed E-state index contributed by atoms with van der Waals surface area (Å²) in [7, 11) is 0. The first-order chi connectivity index (χ1) is 8.65. The molecule has 0 saturated carbocycles. The van der Waals surface area contributed by atoms with Crippen LogP contribution in [0, 0.1) is 0 Å². The Morgan fingerprint density at radius 3 is 2.84 bits per heavy atom. The molecule has 2 N–H and O–H groups in total. The highest BCUT2D eigenvalue weighted by Gasteiger charge is 2.35. The number of rotatable bonds is 1. The highest BCUT2D eigenvalue weighted by atomic mass is 35.5. The molecular formula is C12H12ClN3O3. The number of fused-ring (bicyclic) bond motifs is 1. The molecular weight excluding hydrogens is 270 g/mol. The van der Waals surface area contributed by atoms with E-state index in [-0.39, 0.29) is 36.4 Å². The van der Waals surface area contributed by atoms with Gasteiger partial charge in [0.25, 0.3) is 0 Å². The lowest BCUT2D eigenvalue weighted by atomic mass is 10.1. The van der Waals surface area contributed by atoms with E-state index in [1.165, 1.54) is 0 Å². The molecule has 1 unspecified atom stereocenters. The van der Waals surface area contributed by atoms with E-state index >= 15 is 0 Å². The minimum atomic E-state index is -0.533. The minimum absolute atomic E-state index is 0. The Balaban J connectivity index is 0.00000133. The molecule has 0 bridgehead atoms. The molecule has 0 spiro atoms. The first kappa shape index (κ1) is 13.4. The van der Waals surface area contributed by atoms with E-state index in [0.29, 0.717) is 17.8 Å². The molecule has 3 rings (SSSR count). The number of nitrogens with zero attached hydrogens (tertiary/aromatic N) is 2. The van der Waals surface area contributed by atoms with Gasteiger partial charge in [0.2, 0.25) is 11.8 Å². The fourth-order valence-electron chi connectivity index (χ4n) is 2.20. The van der Waals surface area contributed by atoms with E-state index in [2.05, 4.69) is 10.3 Å². The number of carbonyl (C=O) groups excluding carboxylic acids is 2. The van der Waals surface area contributed by atoms with Crippen molar-refractivity contribution < 1.29 is 14.7 Å². The largest absolute Gasteiger partial charge is 0.508 e. The Kier molecular flexibility index (Phi) is 3.44. The van der Waals surface area contributed by atoms with Crippen molar-refractivity contribution in [2.45, 2.75) is 19.0 Å². The molecule has 0 radical (unpaired) electrons. The van der Waals surface area contributed by atoms with Crippen molar-refractivity contribution in [1.82, 2.24) is 10.2 Å². The lowest BCUT2D eigenvalue weighted by molar-refractivity contribution is -0.125. The number of aromatic hydroxyl groups is 1. The van der Waals surface area contributed by atoms with Crippen LogP contribution in [0.15, 0.2) is 23.2 Å². The predicted octanol–water partition coefficient (Wildman–Crippen LogP) is 0.704. The number of carbonyl (C=O) groups is 2. The molecule has 0 aromatic heterocycles. The van der Waals surface area contributed by atoms with E-state index in [0.717, 1.165) is 0 Å². The smallest absolute Gasteiger partial charge is 0.249 e. The molecule has 2 amide bonds. The van der Waals surface area contributed by atoms with Crippen LogP contribution in [0.5, 0.6) is 5.75 Å². The molecule has 2 heterocycles. The van der Waals surface area contributed by atoms with Crippen LogP contribution in [0.3, 0.4) is 0 Å². The van der Waals surface area contributed by atoms with Crippen LogP contribution in [0.25, 0.3) is 0 Å². The van der Waals surface area contributed by atoms with Crippen molar-refractivity contribution >= 4 is 36.2 Å². The van der Waals surface area contributed by atoms with Crippen molar-refractivity contribution in [2.75, 3.05) is 0 Å². The number of nitrogens with one attached hydrogen (secondary N) is 1. The Morgan fingerprint density at radius 2 is 2.16 bits per heavy atom. The van der Waals surface area contributed by atoms with Gasteiger partial charge in [-0.25, -0.2) is 4.99 Å². The summed E-state index contributed by atoms with van der Waals surface area (Å²) in [6.07, 6.45) is 1.68. The van der Waals surface area contributed by atoms with Gasteiger partial charge in [-0.05, 0) is 12.1 Å². The third-order valence-electron chi connectivity index (χ3n) is 3.16. The van der Waals surface area contributed by atoms with Crippen LogP contribution in [0.1, 0.15) is 12.0 Å². The normalized spacial score (nSPS) is 20.8. The lowest BCUT2D eigenvalue weighted by Gasteiger charge is -2.28. The fourth-order valence-corrected chi connectivity index (χ4v) is 2.20. The zero-order valence-corrected chi connectivity index (χ0v) is 10.7. The topological polar surface area (TPSA) is 82.0 Å². The number of aliphatic imine (C=N–C) groups is 1. The van der Waals surface area contributed by atoms with Gasteiger partial charge < -0.3 is 10.0 Å². The van der Waals surface area contributed by atoms with Crippen LogP contribution in [-0.2, 0) is 16.1 Å². The first-order valence-corrected chi connectivity index (χ1v) is 5.59. The third kappa shape index (κ3) is 2.26. The molecule has 1 aromatic carbocycles. The Morgan fingerprint density at radius 1 is 1.37 bits per heavy atom. The molecule has 1 fully saturated rings. The summed E-state index contributed by atoms with van der Waals surface area (Å²) in [6, 6.07) is 4.56. The number of halogens is 1. The van der Waals surface area contributed by atoms with Gasteiger partial charge in [0.05, 0.1) is 25.0 Å². The summed E-state index contributed by atoms with van der Waals surface area (Å²) in [5.74, 6) is -0.439. The van der Waals surface area contributed by atoms with Crippen molar-refractivity contribution in [1.29, 1.82) is 0 Å². The molecule has 2 aliphatic rings. The van der Waals surface area contributed by atoms with Gasteiger partial charge in [-0.2, -0.15) is 0 Å². The standard InChI is InChI=1S/C12H11N3O3.ClH/c16-10-3-1-2-8-7(10)5-15(6-13-8)9-4-11(17)14-12(9)18;/h1-3,6,9,16H,4-5H2,(H,14,17,18);1H.